The van der Waals surface area contributed by atoms with Crippen LogP contribution in [0.2, 0.25) is 0 Å². The van der Waals surface area contributed by atoms with E-state index in [9.17, 15) is 20.4 Å². The Hall–Kier alpha value is -1.26. The summed E-state index contributed by atoms with van der Waals surface area (Å²) in [6.45, 7) is 1.04. The maximum Gasteiger partial charge on any atom is 0.187 e. The van der Waals surface area contributed by atoms with Gasteiger partial charge in [0.25, 0.3) is 0 Å². The summed E-state index contributed by atoms with van der Waals surface area (Å²) in [5.74, 6) is 0.647. The number of ether oxygens (including phenoxy) is 3. The van der Waals surface area contributed by atoms with Gasteiger partial charge in [-0.15, -0.1) is 0 Å². The maximum atomic E-state index is 10.3. The second kappa shape index (κ2) is 8.21. The Balaban J connectivity index is 2.02. The molecule has 5 N–H and O–H groups in total. The van der Waals surface area contributed by atoms with Crippen LogP contribution >= 0.6 is 0 Å². The maximum absolute atomic E-state index is 10.3. The zero-order chi connectivity index (χ0) is 17.9. The Morgan fingerprint density at radius 2 is 1.71 bits per heavy atom. The van der Waals surface area contributed by atoms with Gasteiger partial charge < -0.3 is 39.7 Å². The lowest BCUT2D eigenvalue weighted by Crippen LogP contribution is -2.59. The molecule has 1 aliphatic rings. The summed E-state index contributed by atoms with van der Waals surface area (Å²) in [6.07, 6.45) is -8.61. The molecule has 7 atom stereocenters. The van der Waals surface area contributed by atoms with Crippen LogP contribution in [-0.2, 0) is 9.47 Å². The number of hydrogen-bond donors (Lipinski definition) is 5. The minimum atomic E-state index is -1.52. The van der Waals surface area contributed by atoms with Crippen LogP contribution in [0.3, 0.4) is 0 Å². The summed E-state index contributed by atoms with van der Waals surface area (Å²) in [5.41, 5.74) is 0.577. The van der Waals surface area contributed by atoms with Crippen LogP contribution in [0, 0.1) is 0 Å². The molecular weight excluding hydrogens is 320 g/mol. The average Bonchev–Trinajstić information content (AvgIpc) is 2.61. The molecule has 0 spiro atoms. The third-order valence-corrected chi connectivity index (χ3v) is 4.10. The van der Waals surface area contributed by atoms with Crippen LogP contribution in [-0.4, -0.2) is 76.1 Å². The zero-order valence-electron chi connectivity index (χ0n) is 13.5. The highest BCUT2D eigenvalue weighted by molar-refractivity contribution is 5.28. The van der Waals surface area contributed by atoms with Crippen LogP contribution in [0.15, 0.2) is 24.3 Å². The van der Waals surface area contributed by atoms with Crippen molar-refractivity contribution in [3.05, 3.63) is 29.8 Å². The van der Waals surface area contributed by atoms with Crippen LogP contribution in [0.25, 0.3) is 0 Å². The topological polar surface area (TPSA) is 129 Å². The summed E-state index contributed by atoms with van der Waals surface area (Å²) in [5, 5.41) is 48.9. The van der Waals surface area contributed by atoms with Crippen molar-refractivity contribution in [3.8, 4) is 5.75 Å². The highest BCUT2D eigenvalue weighted by Crippen LogP contribution is 2.27. The van der Waals surface area contributed by atoms with E-state index in [0.717, 1.165) is 0 Å². The second-order valence-electron chi connectivity index (χ2n) is 5.76. The van der Waals surface area contributed by atoms with Gasteiger partial charge in [0.2, 0.25) is 0 Å². The number of methoxy groups -OCH3 is 1. The molecule has 1 aromatic carbocycles. The number of aliphatic hydroxyl groups is 5. The highest BCUT2D eigenvalue weighted by Gasteiger charge is 2.44. The Bertz CT molecular complexity index is 505. The molecule has 0 radical (unpaired) electrons. The Kier molecular flexibility index (Phi) is 6.53. The number of benzene rings is 1. The molecule has 1 heterocycles. The molecule has 1 aliphatic heterocycles. The molecule has 8 nitrogen and oxygen atoms in total. The number of aliphatic hydroxyl groups excluding tert-OH is 5. The molecule has 1 saturated heterocycles. The minimum absolute atomic E-state index is 0.541. The zero-order valence-corrected chi connectivity index (χ0v) is 13.5. The summed E-state index contributed by atoms with van der Waals surface area (Å²) >= 11 is 0. The standard InChI is InChI=1S/C16H24O8/c1-8(12(18)9-3-5-10(22-2)6-4-9)23-16-15(21)14(20)13(19)11(7-17)24-16/h3-6,8,11-21H,7H2,1-2H3/t8-,11-,12-,13+,14+,15+,16+/m0/s1. The van der Waals surface area contributed by atoms with Gasteiger partial charge in [0.05, 0.1) is 19.8 Å². The van der Waals surface area contributed by atoms with Crippen LogP contribution in [0.4, 0.5) is 0 Å². The van der Waals surface area contributed by atoms with Gasteiger partial charge in [0, 0.05) is 0 Å². The first-order valence-electron chi connectivity index (χ1n) is 7.67. The molecule has 0 bridgehead atoms. The fraction of sp³-hybridized carbons (Fsp3) is 0.625. The van der Waals surface area contributed by atoms with Crippen LogP contribution < -0.4 is 4.74 Å². The molecule has 0 saturated carbocycles. The van der Waals surface area contributed by atoms with Gasteiger partial charge in [-0.25, -0.2) is 0 Å². The first-order valence-corrected chi connectivity index (χ1v) is 7.67. The Labute approximate surface area is 139 Å². The molecular formula is C16H24O8. The molecule has 2 rings (SSSR count). The van der Waals surface area contributed by atoms with Gasteiger partial charge >= 0.3 is 0 Å². The average molecular weight is 344 g/mol. The normalized spacial score (nSPS) is 33.0. The second-order valence-corrected chi connectivity index (χ2v) is 5.76. The van der Waals surface area contributed by atoms with Gasteiger partial charge in [0.15, 0.2) is 6.29 Å². The van der Waals surface area contributed by atoms with Gasteiger partial charge in [-0.2, -0.15) is 0 Å². The van der Waals surface area contributed by atoms with Crippen molar-refractivity contribution in [2.45, 2.75) is 49.8 Å². The molecule has 0 aromatic heterocycles. The summed E-state index contributed by atoms with van der Waals surface area (Å²) in [7, 11) is 1.54. The van der Waals surface area contributed by atoms with Crippen molar-refractivity contribution in [3.63, 3.8) is 0 Å². The van der Waals surface area contributed by atoms with E-state index in [0.29, 0.717) is 11.3 Å². The Morgan fingerprint density at radius 3 is 2.25 bits per heavy atom. The molecule has 1 fully saturated rings. The number of rotatable bonds is 6. The van der Waals surface area contributed by atoms with Gasteiger partial charge in [-0.3, -0.25) is 0 Å². The first-order chi connectivity index (χ1) is 11.4. The van der Waals surface area contributed by atoms with Gasteiger partial charge in [-0.05, 0) is 24.6 Å². The summed E-state index contributed by atoms with van der Waals surface area (Å²) in [4.78, 5) is 0. The van der Waals surface area contributed by atoms with Crippen molar-refractivity contribution in [2.24, 2.45) is 0 Å². The van der Waals surface area contributed by atoms with E-state index >= 15 is 0 Å². The van der Waals surface area contributed by atoms with E-state index in [2.05, 4.69) is 0 Å². The fourth-order valence-electron chi connectivity index (χ4n) is 2.54. The molecule has 8 heteroatoms. The quantitative estimate of drug-likeness (QED) is 0.441. The lowest BCUT2D eigenvalue weighted by molar-refractivity contribution is -0.315. The SMILES string of the molecule is COc1ccc([C@@H](O)[C@H](C)O[C@@H]2O[C@@H](CO)[C@@H](O)[C@@H](O)[C@H]2O)cc1. The molecule has 136 valence electrons. The Morgan fingerprint density at radius 1 is 1.08 bits per heavy atom. The lowest BCUT2D eigenvalue weighted by Gasteiger charge is -2.41. The van der Waals surface area contributed by atoms with E-state index in [1.807, 2.05) is 0 Å². The van der Waals surface area contributed by atoms with Crippen molar-refractivity contribution in [2.75, 3.05) is 13.7 Å². The molecule has 0 aliphatic carbocycles. The van der Waals surface area contributed by atoms with Crippen molar-refractivity contribution < 1.29 is 39.7 Å². The van der Waals surface area contributed by atoms with E-state index in [1.165, 1.54) is 7.11 Å². The third kappa shape index (κ3) is 4.04. The predicted molar refractivity (Wildman–Crippen MR) is 82.3 cm³/mol. The van der Waals surface area contributed by atoms with Crippen molar-refractivity contribution >= 4 is 0 Å². The van der Waals surface area contributed by atoms with E-state index in [1.54, 1.807) is 31.2 Å². The van der Waals surface area contributed by atoms with E-state index in [-0.39, 0.29) is 0 Å². The smallest absolute Gasteiger partial charge is 0.187 e. The van der Waals surface area contributed by atoms with Gasteiger partial charge in [0.1, 0.15) is 36.3 Å². The fourth-order valence-corrected chi connectivity index (χ4v) is 2.54. The molecule has 24 heavy (non-hydrogen) atoms. The first kappa shape index (κ1) is 19.1. The third-order valence-electron chi connectivity index (χ3n) is 4.10. The monoisotopic (exact) mass is 344 g/mol. The number of hydrogen-bond acceptors (Lipinski definition) is 8. The summed E-state index contributed by atoms with van der Waals surface area (Å²) in [6, 6.07) is 6.74. The van der Waals surface area contributed by atoms with Gasteiger partial charge in [-0.1, -0.05) is 12.1 Å². The molecule has 1 aromatic rings. The molecule has 0 unspecified atom stereocenters. The van der Waals surface area contributed by atoms with Crippen LogP contribution in [0.1, 0.15) is 18.6 Å². The summed E-state index contributed by atoms with van der Waals surface area (Å²) < 4.78 is 15.8. The lowest BCUT2D eigenvalue weighted by atomic mass is 9.99. The molecule has 0 amide bonds. The van der Waals surface area contributed by atoms with Crippen LogP contribution in [0.5, 0.6) is 5.75 Å². The minimum Gasteiger partial charge on any atom is -0.497 e. The van der Waals surface area contributed by atoms with E-state index < -0.39 is 49.5 Å². The van der Waals surface area contributed by atoms with E-state index in [4.69, 9.17) is 19.3 Å². The predicted octanol–water partition coefficient (Wildman–Crippen LogP) is -1.07. The largest absolute Gasteiger partial charge is 0.497 e. The van der Waals surface area contributed by atoms with Crippen molar-refractivity contribution in [1.29, 1.82) is 0 Å². The van der Waals surface area contributed by atoms with Crippen molar-refractivity contribution in [1.82, 2.24) is 0 Å². The highest BCUT2D eigenvalue weighted by atomic mass is 16.7.